The Morgan fingerprint density at radius 3 is 2.92 bits per heavy atom. The Balaban J connectivity index is 1.76. The summed E-state index contributed by atoms with van der Waals surface area (Å²) in [6.07, 6.45) is 7.23. The van der Waals surface area contributed by atoms with E-state index >= 15 is 0 Å². The van der Waals surface area contributed by atoms with Gasteiger partial charge in [0.15, 0.2) is 5.65 Å². The van der Waals surface area contributed by atoms with Crippen molar-refractivity contribution < 1.29 is 0 Å². The quantitative estimate of drug-likeness (QED) is 0.628. The Morgan fingerprint density at radius 1 is 1.25 bits per heavy atom. The monoisotopic (exact) mass is 315 g/mol. The van der Waals surface area contributed by atoms with E-state index in [1.54, 1.807) is 23.1 Å². The molecule has 3 heterocycles. The van der Waals surface area contributed by atoms with Gasteiger partial charge in [0.05, 0.1) is 29.5 Å². The number of rotatable bonds is 3. The minimum absolute atomic E-state index is 0.448. The predicted molar refractivity (Wildman–Crippen MR) is 89.3 cm³/mol. The zero-order valence-corrected chi connectivity index (χ0v) is 12.9. The molecule has 0 amide bonds. The summed E-state index contributed by atoms with van der Waals surface area (Å²) in [4.78, 5) is 8.57. The summed E-state index contributed by atoms with van der Waals surface area (Å²) in [5.74, 6) is 0.448. The molecular weight excluding hydrogens is 302 g/mol. The highest BCUT2D eigenvalue weighted by molar-refractivity contribution is 5.64. The van der Waals surface area contributed by atoms with Gasteiger partial charge in [0, 0.05) is 12.4 Å². The number of benzene rings is 1. The number of nitrogens with zero attached hydrogens (tertiary/aromatic N) is 6. The van der Waals surface area contributed by atoms with Crippen molar-refractivity contribution in [2.75, 3.05) is 5.32 Å². The van der Waals surface area contributed by atoms with Crippen molar-refractivity contribution in [3.05, 3.63) is 66.4 Å². The summed E-state index contributed by atoms with van der Waals surface area (Å²) in [6.45, 7) is 1.98. The fourth-order valence-electron chi connectivity index (χ4n) is 2.55. The number of pyridine rings is 1. The van der Waals surface area contributed by atoms with Crippen LogP contribution in [0.5, 0.6) is 0 Å². The third kappa shape index (κ3) is 2.36. The highest BCUT2D eigenvalue weighted by atomic mass is 15.3. The Labute approximate surface area is 137 Å². The number of nitriles is 1. The molecule has 0 radical (unpaired) electrons. The average molecular weight is 315 g/mol. The van der Waals surface area contributed by atoms with E-state index in [0.717, 1.165) is 16.9 Å². The summed E-state index contributed by atoms with van der Waals surface area (Å²) in [5.41, 5.74) is 3.94. The van der Waals surface area contributed by atoms with Gasteiger partial charge in [-0.3, -0.25) is 0 Å². The van der Waals surface area contributed by atoms with E-state index < -0.39 is 0 Å². The number of hydrogen-bond acceptors (Lipinski definition) is 5. The van der Waals surface area contributed by atoms with Crippen LogP contribution in [0, 0.1) is 18.3 Å². The summed E-state index contributed by atoms with van der Waals surface area (Å²) in [6, 6.07) is 11.4. The molecule has 1 aromatic carbocycles. The first kappa shape index (κ1) is 14.0. The summed E-state index contributed by atoms with van der Waals surface area (Å²) in [5, 5.41) is 16.8. The number of aromatic nitrogens is 5. The van der Waals surface area contributed by atoms with E-state index in [9.17, 15) is 5.26 Å². The molecule has 0 saturated heterocycles. The van der Waals surface area contributed by atoms with Gasteiger partial charge in [-0.25, -0.2) is 9.50 Å². The molecule has 4 aromatic rings. The molecule has 7 nitrogen and oxygen atoms in total. The van der Waals surface area contributed by atoms with Gasteiger partial charge < -0.3 is 9.88 Å². The molecule has 0 spiro atoms. The van der Waals surface area contributed by atoms with E-state index in [4.69, 9.17) is 0 Å². The fraction of sp³-hybridized carbons (Fsp3) is 0.0588. The summed E-state index contributed by atoms with van der Waals surface area (Å²) in [7, 11) is 0. The van der Waals surface area contributed by atoms with Crippen molar-refractivity contribution in [3.63, 3.8) is 0 Å². The molecule has 7 heteroatoms. The molecule has 0 unspecified atom stereocenters. The van der Waals surface area contributed by atoms with Gasteiger partial charge >= 0.3 is 0 Å². The van der Waals surface area contributed by atoms with Crippen LogP contribution in [0.25, 0.3) is 11.3 Å². The summed E-state index contributed by atoms with van der Waals surface area (Å²) < 4.78 is 3.63. The maximum absolute atomic E-state index is 9.18. The first-order valence-electron chi connectivity index (χ1n) is 7.36. The maximum Gasteiger partial charge on any atom is 0.247 e. The molecule has 0 atom stereocenters. The van der Waals surface area contributed by atoms with E-state index in [0.29, 0.717) is 17.2 Å². The molecule has 0 saturated carbocycles. The predicted octanol–water partition coefficient (Wildman–Crippen LogP) is 2.84. The first-order chi connectivity index (χ1) is 11.7. The van der Waals surface area contributed by atoms with Gasteiger partial charge in [-0.1, -0.05) is 12.1 Å². The van der Waals surface area contributed by atoms with Crippen molar-refractivity contribution in [3.8, 4) is 11.8 Å². The van der Waals surface area contributed by atoms with Crippen molar-refractivity contribution in [1.29, 1.82) is 5.26 Å². The molecule has 0 aliphatic carbocycles. The van der Waals surface area contributed by atoms with Gasteiger partial charge in [-0.2, -0.15) is 10.2 Å². The second-order valence-electron chi connectivity index (χ2n) is 5.34. The molecule has 0 bridgehead atoms. The van der Waals surface area contributed by atoms with Crippen molar-refractivity contribution in [2.45, 2.75) is 6.92 Å². The molecule has 24 heavy (non-hydrogen) atoms. The zero-order valence-electron chi connectivity index (χ0n) is 12.9. The van der Waals surface area contributed by atoms with Crippen molar-refractivity contribution in [2.24, 2.45) is 0 Å². The smallest absolute Gasteiger partial charge is 0.247 e. The number of fused-ring (bicyclic) bond motifs is 1. The zero-order chi connectivity index (χ0) is 16.5. The SMILES string of the molecule is Cc1cc(-n2ccnc2)cn2nc(Nc3ccccc3C#N)nc12. The van der Waals surface area contributed by atoms with Crippen LogP contribution in [0.3, 0.4) is 0 Å². The van der Waals surface area contributed by atoms with E-state index in [1.807, 2.05) is 48.1 Å². The highest BCUT2D eigenvalue weighted by Crippen LogP contribution is 2.20. The van der Waals surface area contributed by atoms with Crippen LogP contribution < -0.4 is 5.32 Å². The minimum atomic E-state index is 0.448. The van der Waals surface area contributed by atoms with Crippen LogP contribution in [0.15, 0.2) is 55.2 Å². The fourth-order valence-corrected chi connectivity index (χ4v) is 2.55. The van der Waals surface area contributed by atoms with Crippen molar-refractivity contribution >= 4 is 17.3 Å². The Morgan fingerprint density at radius 2 is 2.12 bits per heavy atom. The Bertz CT molecular complexity index is 1050. The lowest BCUT2D eigenvalue weighted by Gasteiger charge is -2.04. The Kier molecular flexibility index (Phi) is 3.21. The van der Waals surface area contributed by atoms with E-state index in [-0.39, 0.29) is 0 Å². The largest absolute Gasteiger partial charge is 0.322 e. The number of aryl methyl sites for hydroxylation is 1. The van der Waals surface area contributed by atoms with E-state index in [1.165, 1.54) is 0 Å². The lowest BCUT2D eigenvalue weighted by molar-refractivity contribution is 0.929. The maximum atomic E-state index is 9.18. The second kappa shape index (κ2) is 5.52. The van der Waals surface area contributed by atoms with Crippen LogP contribution in [-0.2, 0) is 0 Å². The molecular formula is C17H13N7. The van der Waals surface area contributed by atoms with Gasteiger partial charge in [0.25, 0.3) is 0 Å². The molecule has 0 fully saturated rings. The van der Waals surface area contributed by atoms with Crippen LogP contribution >= 0.6 is 0 Å². The third-order valence-corrected chi connectivity index (χ3v) is 3.70. The van der Waals surface area contributed by atoms with Crippen LogP contribution in [-0.4, -0.2) is 24.1 Å². The van der Waals surface area contributed by atoms with Gasteiger partial charge in [0.1, 0.15) is 6.07 Å². The van der Waals surface area contributed by atoms with Gasteiger partial charge in [-0.05, 0) is 30.7 Å². The molecule has 0 aliphatic rings. The minimum Gasteiger partial charge on any atom is -0.322 e. The number of nitrogens with one attached hydrogen (secondary N) is 1. The second-order valence-corrected chi connectivity index (χ2v) is 5.34. The van der Waals surface area contributed by atoms with Crippen LogP contribution in [0.1, 0.15) is 11.1 Å². The highest BCUT2D eigenvalue weighted by Gasteiger charge is 2.10. The molecule has 4 rings (SSSR count). The molecule has 0 aliphatic heterocycles. The lowest BCUT2D eigenvalue weighted by Crippen LogP contribution is -1.98. The van der Waals surface area contributed by atoms with Crippen LogP contribution in [0.2, 0.25) is 0 Å². The van der Waals surface area contributed by atoms with Crippen molar-refractivity contribution in [1.82, 2.24) is 24.1 Å². The Hall–Kier alpha value is -3.66. The molecule has 3 aromatic heterocycles. The number of anilines is 2. The van der Waals surface area contributed by atoms with Gasteiger partial charge in [-0.15, -0.1) is 5.10 Å². The lowest BCUT2D eigenvalue weighted by atomic mass is 10.2. The average Bonchev–Trinajstić information content (AvgIpc) is 3.24. The van der Waals surface area contributed by atoms with Gasteiger partial charge in [0.2, 0.25) is 5.95 Å². The first-order valence-corrected chi connectivity index (χ1v) is 7.36. The van der Waals surface area contributed by atoms with E-state index in [2.05, 4.69) is 26.5 Å². The molecule has 1 N–H and O–H groups in total. The standard InChI is InChI=1S/C17H13N7/c1-12-8-14(23-7-6-19-11-23)10-24-16(12)21-17(22-24)20-15-5-3-2-4-13(15)9-18/h2-8,10-11H,1H3,(H,20,22). The number of hydrogen-bond donors (Lipinski definition) is 1. The molecule has 116 valence electrons. The topological polar surface area (TPSA) is 83.8 Å². The summed E-state index contributed by atoms with van der Waals surface area (Å²) >= 11 is 0. The number of para-hydroxylation sites is 1. The van der Waals surface area contributed by atoms with Crippen LogP contribution in [0.4, 0.5) is 11.6 Å². The number of imidazole rings is 1. The third-order valence-electron chi connectivity index (χ3n) is 3.70. The normalized spacial score (nSPS) is 10.7.